The Morgan fingerprint density at radius 3 is 1.76 bits per heavy atom. The number of anilines is 4. The van der Waals surface area contributed by atoms with Gasteiger partial charge >= 0.3 is 0 Å². The molecular weight excluding hydrogens is 648 g/mol. The SMILES string of the molecule is Cc1c(Nc2nccc3cc(CN4CC[C@H](O)C4)cnc23)cccc1-c1cccc(Nc2nccc3cc(CN4CC[C@@H](O)C4)cnc23)c1Cl. The molecule has 8 rings (SSSR count). The Labute approximate surface area is 295 Å². The predicted octanol–water partition coefficient (Wildman–Crippen LogP) is 6.82. The van der Waals surface area contributed by atoms with E-state index in [-0.39, 0.29) is 12.2 Å². The van der Waals surface area contributed by atoms with E-state index in [1.807, 2.05) is 54.9 Å². The summed E-state index contributed by atoms with van der Waals surface area (Å²) in [5.41, 5.74) is 8.33. The molecule has 50 heavy (non-hydrogen) atoms. The molecule has 2 fully saturated rings. The van der Waals surface area contributed by atoms with Crippen LogP contribution in [0.25, 0.3) is 32.9 Å². The maximum absolute atomic E-state index is 9.92. The first-order valence-electron chi connectivity index (χ1n) is 17.1. The standard InChI is InChI=1S/C39H39ClN8O2/c1-24-31(4-2-6-33(24)45-38-36-27(8-12-41-38)16-25(18-43-36)20-47-14-10-29(49)22-47)32-5-3-7-34(35(32)40)46-39-37-28(9-13-42-39)17-26(19-44-37)21-48-15-11-30(50)23-48/h2-9,12-13,16-19,29-30,49-50H,10-11,14-15,20-23H2,1H3,(H,41,45)(H,42,46)/t29-,30+/m0/s1. The van der Waals surface area contributed by atoms with Crippen LogP contribution in [0.3, 0.4) is 0 Å². The van der Waals surface area contributed by atoms with Crippen LogP contribution < -0.4 is 10.6 Å². The van der Waals surface area contributed by atoms with Crippen LogP contribution in [0, 0.1) is 6.92 Å². The molecule has 6 aromatic rings. The molecule has 0 radical (unpaired) electrons. The van der Waals surface area contributed by atoms with Crippen LogP contribution in [0.5, 0.6) is 0 Å². The monoisotopic (exact) mass is 686 g/mol. The number of aliphatic hydroxyl groups excluding tert-OH is 2. The van der Waals surface area contributed by atoms with Gasteiger partial charge in [-0.3, -0.25) is 19.8 Å². The summed E-state index contributed by atoms with van der Waals surface area (Å²) in [5.74, 6) is 1.32. The van der Waals surface area contributed by atoms with E-state index < -0.39 is 0 Å². The Balaban J connectivity index is 1.03. The molecule has 2 saturated heterocycles. The molecule has 0 amide bonds. The quantitative estimate of drug-likeness (QED) is 0.129. The van der Waals surface area contributed by atoms with Gasteiger partial charge in [-0.05, 0) is 78.4 Å². The molecule has 0 spiro atoms. The lowest BCUT2D eigenvalue weighted by Gasteiger charge is -2.18. The van der Waals surface area contributed by atoms with Crippen molar-refractivity contribution in [3.8, 4) is 11.1 Å². The summed E-state index contributed by atoms with van der Waals surface area (Å²) in [7, 11) is 0. The smallest absolute Gasteiger partial charge is 0.156 e. The van der Waals surface area contributed by atoms with Crippen molar-refractivity contribution in [2.75, 3.05) is 36.8 Å². The average molecular weight is 687 g/mol. The highest BCUT2D eigenvalue weighted by Crippen LogP contribution is 2.39. The van der Waals surface area contributed by atoms with Gasteiger partial charge in [0.05, 0.1) is 22.9 Å². The van der Waals surface area contributed by atoms with Gasteiger partial charge in [0.2, 0.25) is 0 Å². The minimum Gasteiger partial charge on any atom is -0.392 e. The summed E-state index contributed by atoms with van der Waals surface area (Å²) in [6, 6.07) is 20.3. The third-order valence-corrected chi connectivity index (χ3v) is 10.2. The van der Waals surface area contributed by atoms with Crippen LogP contribution in [0.15, 0.2) is 85.5 Å². The van der Waals surface area contributed by atoms with E-state index in [9.17, 15) is 10.2 Å². The minimum absolute atomic E-state index is 0.244. The highest BCUT2D eigenvalue weighted by atomic mass is 35.5. The van der Waals surface area contributed by atoms with Gasteiger partial charge in [-0.25, -0.2) is 9.97 Å². The largest absolute Gasteiger partial charge is 0.392 e. The van der Waals surface area contributed by atoms with Crippen LogP contribution in [-0.4, -0.2) is 78.3 Å². The van der Waals surface area contributed by atoms with Gasteiger partial charge in [0.1, 0.15) is 11.0 Å². The lowest BCUT2D eigenvalue weighted by atomic mass is 9.98. The second-order valence-corrected chi connectivity index (χ2v) is 13.8. The predicted molar refractivity (Wildman–Crippen MR) is 199 cm³/mol. The lowest BCUT2D eigenvalue weighted by molar-refractivity contribution is 0.174. The van der Waals surface area contributed by atoms with Gasteiger partial charge in [-0.15, -0.1) is 0 Å². The number of nitrogens with zero attached hydrogens (tertiary/aromatic N) is 6. The number of halogens is 1. The maximum Gasteiger partial charge on any atom is 0.156 e. The topological polar surface area (TPSA) is 123 Å². The van der Waals surface area contributed by atoms with Gasteiger partial charge < -0.3 is 20.8 Å². The van der Waals surface area contributed by atoms with Crippen LogP contribution >= 0.6 is 11.6 Å². The first-order valence-corrected chi connectivity index (χ1v) is 17.5. The molecule has 0 saturated carbocycles. The van der Waals surface area contributed by atoms with E-state index in [2.05, 4.69) is 55.5 Å². The van der Waals surface area contributed by atoms with Crippen molar-refractivity contribution >= 4 is 56.4 Å². The number of hydrogen-bond donors (Lipinski definition) is 4. The molecule has 2 atom stereocenters. The summed E-state index contributed by atoms with van der Waals surface area (Å²) >= 11 is 7.13. The molecule has 2 aliphatic heterocycles. The van der Waals surface area contributed by atoms with Crippen molar-refractivity contribution < 1.29 is 10.2 Å². The minimum atomic E-state index is -0.249. The van der Waals surface area contributed by atoms with Crippen molar-refractivity contribution in [1.82, 2.24) is 29.7 Å². The van der Waals surface area contributed by atoms with Gasteiger partial charge in [0, 0.05) is 86.1 Å². The van der Waals surface area contributed by atoms with Crippen LogP contribution in [0.2, 0.25) is 5.02 Å². The average Bonchev–Trinajstić information content (AvgIpc) is 3.73. The number of pyridine rings is 4. The molecule has 6 heterocycles. The van der Waals surface area contributed by atoms with Crippen molar-refractivity contribution in [2.45, 2.75) is 45.1 Å². The molecule has 2 aliphatic rings. The zero-order chi connectivity index (χ0) is 34.2. The molecule has 2 aromatic carbocycles. The van der Waals surface area contributed by atoms with Crippen molar-refractivity contribution in [3.05, 3.63) is 107 Å². The van der Waals surface area contributed by atoms with E-state index >= 15 is 0 Å². The number of fused-ring (bicyclic) bond motifs is 2. The first kappa shape index (κ1) is 32.5. The Morgan fingerprint density at radius 2 is 1.22 bits per heavy atom. The molecule has 254 valence electrons. The second kappa shape index (κ2) is 13.9. The van der Waals surface area contributed by atoms with E-state index in [1.165, 1.54) is 0 Å². The van der Waals surface area contributed by atoms with E-state index in [0.29, 0.717) is 29.7 Å². The number of hydrogen-bond acceptors (Lipinski definition) is 10. The number of aliphatic hydroxyl groups is 2. The van der Waals surface area contributed by atoms with Gasteiger partial charge in [-0.2, -0.15) is 0 Å². The number of aromatic nitrogens is 4. The third-order valence-electron chi connectivity index (χ3n) is 9.75. The van der Waals surface area contributed by atoms with Crippen LogP contribution in [0.1, 0.15) is 29.5 Å². The Hall–Kier alpha value is -4.71. The van der Waals surface area contributed by atoms with Gasteiger partial charge in [-0.1, -0.05) is 35.9 Å². The summed E-state index contributed by atoms with van der Waals surface area (Å²) < 4.78 is 0. The number of benzene rings is 2. The summed E-state index contributed by atoms with van der Waals surface area (Å²) in [4.78, 5) is 23.3. The number of rotatable bonds is 9. The zero-order valence-electron chi connectivity index (χ0n) is 27.9. The molecule has 0 unspecified atom stereocenters. The maximum atomic E-state index is 9.92. The lowest BCUT2D eigenvalue weighted by Crippen LogP contribution is -2.21. The summed E-state index contributed by atoms with van der Waals surface area (Å²) in [5, 5.41) is 29.4. The van der Waals surface area contributed by atoms with Crippen molar-refractivity contribution in [1.29, 1.82) is 0 Å². The fourth-order valence-corrected chi connectivity index (χ4v) is 7.42. The summed E-state index contributed by atoms with van der Waals surface area (Å²) in [6.07, 6.45) is 8.51. The number of likely N-dealkylation sites (tertiary alicyclic amines) is 2. The molecule has 4 aromatic heterocycles. The molecule has 10 nitrogen and oxygen atoms in total. The second-order valence-electron chi connectivity index (χ2n) is 13.4. The Morgan fingerprint density at radius 1 is 0.700 bits per heavy atom. The Bertz CT molecular complexity index is 2040. The van der Waals surface area contributed by atoms with Crippen molar-refractivity contribution in [2.24, 2.45) is 0 Å². The molecule has 0 aliphatic carbocycles. The van der Waals surface area contributed by atoms with Crippen LogP contribution in [-0.2, 0) is 13.1 Å². The zero-order valence-corrected chi connectivity index (χ0v) is 28.6. The van der Waals surface area contributed by atoms with E-state index in [0.717, 1.165) is 100 Å². The van der Waals surface area contributed by atoms with Crippen molar-refractivity contribution in [3.63, 3.8) is 0 Å². The van der Waals surface area contributed by atoms with Gasteiger partial charge in [0.25, 0.3) is 0 Å². The van der Waals surface area contributed by atoms with E-state index in [1.54, 1.807) is 12.4 Å². The normalized spacial score (nSPS) is 18.3. The molecule has 11 heteroatoms. The number of nitrogens with one attached hydrogen (secondary N) is 2. The first-order chi connectivity index (χ1) is 24.4. The Kier molecular flexibility index (Phi) is 9.03. The molecule has 0 bridgehead atoms. The fourth-order valence-electron chi connectivity index (χ4n) is 7.15. The molecule has 4 N–H and O–H groups in total. The van der Waals surface area contributed by atoms with E-state index in [4.69, 9.17) is 21.6 Å². The highest BCUT2D eigenvalue weighted by molar-refractivity contribution is 6.36. The highest BCUT2D eigenvalue weighted by Gasteiger charge is 2.22. The van der Waals surface area contributed by atoms with Gasteiger partial charge in [0.15, 0.2) is 11.6 Å². The van der Waals surface area contributed by atoms with Crippen LogP contribution in [0.4, 0.5) is 23.0 Å². The molecular formula is C39H39ClN8O2. The number of β-amino-alcohol motifs (C(OH)–C–C–N with tert-alkyl or cyclic N) is 2. The summed E-state index contributed by atoms with van der Waals surface area (Å²) in [6.45, 7) is 6.77. The fraction of sp³-hybridized carbons (Fsp3) is 0.282. The third kappa shape index (κ3) is 6.73.